The molecule has 0 spiro atoms. The zero-order valence-electron chi connectivity index (χ0n) is 15.0. The summed E-state index contributed by atoms with van der Waals surface area (Å²) in [5, 5.41) is 0. The van der Waals surface area contributed by atoms with Crippen LogP contribution in [0, 0.1) is 11.3 Å². The second kappa shape index (κ2) is 6.81. The lowest BCUT2D eigenvalue weighted by Gasteiger charge is -2.46. The van der Waals surface area contributed by atoms with E-state index in [9.17, 15) is 9.59 Å². The first kappa shape index (κ1) is 16.6. The minimum absolute atomic E-state index is 0.193. The van der Waals surface area contributed by atoms with E-state index in [0.29, 0.717) is 38.0 Å². The van der Waals surface area contributed by atoms with Gasteiger partial charge in [-0.25, -0.2) is 0 Å². The van der Waals surface area contributed by atoms with Crippen LogP contribution >= 0.6 is 0 Å². The maximum absolute atomic E-state index is 13.2. The van der Waals surface area contributed by atoms with Gasteiger partial charge in [-0.2, -0.15) is 0 Å². The molecule has 1 aliphatic heterocycles. The first-order valence-corrected chi connectivity index (χ1v) is 9.80. The maximum Gasteiger partial charge on any atom is 0.229 e. The minimum atomic E-state index is -0.193. The van der Waals surface area contributed by atoms with E-state index >= 15 is 0 Å². The van der Waals surface area contributed by atoms with Gasteiger partial charge in [-0.05, 0) is 37.7 Å². The van der Waals surface area contributed by atoms with Crippen molar-refractivity contribution >= 4 is 11.8 Å². The summed E-state index contributed by atoms with van der Waals surface area (Å²) in [7, 11) is 0. The lowest BCUT2D eigenvalue weighted by atomic mass is 9.64. The number of benzene rings is 1. The van der Waals surface area contributed by atoms with E-state index in [2.05, 4.69) is 24.3 Å². The number of carbonyl (C=O) groups is 2. The van der Waals surface area contributed by atoms with E-state index in [4.69, 9.17) is 0 Å². The zero-order chi connectivity index (χ0) is 17.3. The number of hydrogen-bond acceptors (Lipinski definition) is 2. The SMILES string of the molecule is O=C(C1CCC1)N1CCN(C(=O)C2(Cc3ccccc3)CCC2)CC1. The van der Waals surface area contributed by atoms with Crippen LogP contribution in [0.2, 0.25) is 0 Å². The molecule has 0 aromatic heterocycles. The predicted octanol–water partition coefficient (Wildman–Crippen LogP) is 2.87. The molecule has 2 amide bonds. The van der Waals surface area contributed by atoms with Gasteiger partial charge in [-0.1, -0.05) is 43.2 Å². The molecule has 134 valence electrons. The topological polar surface area (TPSA) is 40.6 Å². The number of amides is 2. The molecule has 0 N–H and O–H groups in total. The highest BCUT2D eigenvalue weighted by atomic mass is 16.2. The van der Waals surface area contributed by atoms with E-state index in [1.807, 2.05) is 15.9 Å². The second-order valence-corrected chi connectivity index (χ2v) is 8.04. The molecule has 3 fully saturated rings. The van der Waals surface area contributed by atoms with E-state index < -0.39 is 0 Å². The Labute approximate surface area is 150 Å². The molecule has 4 rings (SSSR count). The number of rotatable bonds is 4. The molecule has 25 heavy (non-hydrogen) atoms. The minimum Gasteiger partial charge on any atom is -0.339 e. The van der Waals surface area contributed by atoms with Gasteiger partial charge in [0.2, 0.25) is 11.8 Å². The molecule has 0 unspecified atom stereocenters. The number of nitrogens with zero attached hydrogens (tertiary/aromatic N) is 2. The second-order valence-electron chi connectivity index (χ2n) is 8.04. The Bertz CT molecular complexity index is 627. The summed E-state index contributed by atoms with van der Waals surface area (Å²) in [5.74, 6) is 0.901. The molecule has 2 aliphatic carbocycles. The molecule has 4 nitrogen and oxygen atoms in total. The van der Waals surface area contributed by atoms with Crippen LogP contribution in [0.25, 0.3) is 0 Å². The van der Waals surface area contributed by atoms with Crippen LogP contribution in [0.15, 0.2) is 30.3 Å². The molecule has 1 saturated heterocycles. The maximum atomic E-state index is 13.2. The summed E-state index contributed by atoms with van der Waals surface area (Å²) in [5.41, 5.74) is 1.07. The van der Waals surface area contributed by atoms with Crippen molar-refractivity contribution in [2.45, 2.75) is 44.9 Å². The van der Waals surface area contributed by atoms with Gasteiger partial charge in [-0.15, -0.1) is 0 Å². The van der Waals surface area contributed by atoms with Crippen molar-refractivity contribution < 1.29 is 9.59 Å². The third kappa shape index (κ3) is 3.19. The molecule has 0 bridgehead atoms. The first-order chi connectivity index (χ1) is 12.2. The van der Waals surface area contributed by atoms with Crippen molar-refractivity contribution in [2.24, 2.45) is 11.3 Å². The van der Waals surface area contributed by atoms with Gasteiger partial charge in [0.05, 0.1) is 5.41 Å². The van der Waals surface area contributed by atoms with Crippen molar-refractivity contribution in [3.63, 3.8) is 0 Å². The van der Waals surface area contributed by atoms with Crippen molar-refractivity contribution in [1.29, 1.82) is 0 Å². The van der Waals surface area contributed by atoms with E-state index in [-0.39, 0.29) is 11.3 Å². The van der Waals surface area contributed by atoms with Crippen LogP contribution in [-0.4, -0.2) is 47.8 Å². The molecule has 4 heteroatoms. The third-order valence-corrected chi connectivity index (χ3v) is 6.48. The van der Waals surface area contributed by atoms with Crippen LogP contribution in [0.1, 0.15) is 44.1 Å². The highest BCUT2D eigenvalue weighted by molar-refractivity contribution is 5.85. The summed E-state index contributed by atoms with van der Waals surface area (Å²) in [6, 6.07) is 10.4. The van der Waals surface area contributed by atoms with E-state index in [1.165, 1.54) is 12.0 Å². The van der Waals surface area contributed by atoms with Crippen LogP contribution in [0.5, 0.6) is 0 Å². The molecule has 1 heterocycles. The molecule has 0 radical (unpaired) electrons. The molecule has 0 atom stereocenters. The van der Waals surface area contributed by atoms with Crippen molar-refractivity contribution in [3.8, 4) is 0 Å². The van der Waals surface area contributed by atoms with Gasteiger partial charge >= 0.3 is 0 Å². The molecular formula is C21H28N2O2. The van der Waals surface area contributed by atoms with Gasteiger partial charge in [0.15, 0.2) is 0 Å². The van der Waals surface area contributed by atoms with Crippen molar-refractivity contribution in [1.82, 2.24) is 9.80 Å². The molecular weight excluding hydrogens is 312 g/mol. The van der Waals surface area contributed by atoms with Crippen LogP contribution in [0.4, 0.5) is 0 Å². The van der Waals surface area contributed by atoms with Gasteiger partial charge in [0, 0.05) is 32.1 Å². The fraction of sp³-hybridized carbons (Fsp3) is 0.619. The summed E-state index contributed by atoms with van der Waals surface area (Å²) in [6.45, 7) is 2.83. The highest BCUT2D eigenvalue weighted by Crippen LogP contribution is 2.45. The molecule has 3 aliphatic rings. The summed E-state index contributed by atoms with van der Waals surface area (Å²) < 4.78 is 0. The van der Waals surface area contributed by atoms with Crippen LogP contribution in [-0.2, 0) is 16.0 Å². The van der Waals surface area contributed by atoms with Crippen LogP contribution < -0.4 is 0 Å². The van der Waals surface area contributed by atoms with Gasteiger partial charge < -0.3 is 9.80 Å². The summed E-state index contributed by atoms with van der Waals surface area (Å²) in [6.07, 6.45) is 7.31. The standard InChI is InChI=1S/C21H28N2O2/c24-19(18-8-4-9-18)22-12-14-23(15-13-22)20(25)21(10-5-11-21)16-17-6-2-1-3-7-17/h1-3,6-7,18H,4-5,8-16H2. The average Bonchev–Trinajstić information content (AvgIpc) is 2.57. The number of piperazine rings is 1. The quantitative estimate of drug-likeness (QED) is 0.846. The smallest absolute Gasteiger partial charge is 0.229 e. The normalized spacial score (nSPS) is 22.9. The Kier molecular flexibility index (Phi) is 4.53. The van der Waals surface area contributed by atoms with Gasteiger partial charge in [-0.3, -0.25) is 9.59 Å². The Hall–Kier alpha value is -1.84. The van der Waals surface area contributed by atoms with Crippen LogP contribution in [0.3, 0.4) is 0 Å². The van der Waals surface area contributed by atoms with Gasteiger partial charge in [0.25, 0.3) is 0 Å². The lowest BCUT2D eigenvalue weighted by Crippen LogP contribution is -2.57. The largest absolute Gasteiger partial charge is 0.339 e. The monoisotopic (exact) mass is 340 g/mol. The fourth-order valence-electron chi connectivity index (χ4n) is 4.44. The lowest BCUT2D eigenvalue weighted by molar-refractivity contribution is -0.153. The summed E-state index contributed by atoms with van der Waals surface area (Å²) >= 11 is 0. The molecule has 2 saturated carbocycles. The zero-order valence-corrected chi connectivity index (χ0v) is 15.0. The molecule has 1 aromatic carbocycles. The Morgan fingerprint density at radius 3 is 2.08 bits per heavy atom. The Morgan fingerprint density at radius 1 is 0.920 bits per heavy atom. The van der Waals surface area contributed by atoms with Crippen molar-refractivity contribution in [3.05, 3.63) is 35.9 Å². The summed E-state index contributed by atoms with van der Waals surface area (Å²) in [4.78, 5) is 29.6. The van der Waals surface area contributed by atoms with Gasteiger partial charge in [0.1, 0.15) is 0 Å². The highest BCUT2D eigenvalue weighted by Gasteiger charge is 2.46. The first-order valence-electron chi connectivity index (χ1n) is 9.80. The number of hydrogen-bond donors (Lipinski definition) is 0. The van der Waals surface area contributed by atoms with E-state index in [1.54, 1.807) is 0 Å². The third-order valence-electron chi connectivity index (χ3n) is 6.48. The van der Waals surface area contributed by atoms with E-state index in [0.717, 1.165) is 38.5 Å². The Morgan fingerprint density at radius 2 is 1.56 bits per heavy atom. The molecule has 1 aromatic rings. The Balaban J connectivity index is 1.36. The fourth-order valence-corrected chi connectivity index (χ4v) is 4.44. The predicted molar refractivity (Wildman–Crippen MR) is 96.9 cm³/mol. The van der Waals surface area contributed by atoms with Crippen molar-refractivity contribution in [2.75, 3.05) is 26.2 Å². The average molecular weight is 340 g/mol. The number of carbonyl (C=O) groups excluding carboxylic acids is 2.